The zero-order valence-corrected chi connectivity index (χ0v) is 13.0. The van der Waals surface area contributed by atoms with Gasteiger partial charge in [-0.25, -0.2) is 8.78 Å². The maximum absolute atomic E-state index is 12.4. The van der Waals surface area contributed by atoms with Crippen molar-refractivity contribution in [3.63, 3.8) is 0 Å². The number of aldehydes is 1. The molecule has 1 aliphatic rings. The molecule has 0 aliphatic heterocycles. The molecule has 1 aromatic rings. The smallest absolute Gasteiger partial charge is 0.248 e. The first-order chi connectivity index (χ1) is 10.1. The maximum atomic E-state index is 12.4. The van der Waals surface area contributed by atoms with Crippen LogP contribution in [0.1, 0.15) is 45.1 Å². The van der Waals surface area contributed by atoms with Gasteiger partial charge in [0.2, 0.25) is 5.92 Å². The fourth-order valence-electron chi connectivity index (χ4n) is 2.01. The van der Waals surface area contributed by atoms with Crippen molar-refractivity contribution in [3.05, 3.63) is 35.9 Å². The molecule has 1 aromatic carbocycles. The highest BCUT2D eigenvalue weighted by atomic mass is 19.3. The molecule has 1 saturated carbocycles. The van der Waals surface area contributed by atoms with Gasteiger partial charge in [0.25, 0.3) is 0 Å². The Bertz CT molecular complexity index is 358. The van der Waals surface area contributed by atoms with Gasteiger partial charge in [-0.1, -0.05) is 44.2 Å². The highest BCUT2D eigenvalue weighted by Crippen LogP contribution is 2.34. The molecule has 4 heteroatoms. The normalized spacial score (nSPS) is 16.8. The molecule has 0 unspecified atom stereocenters. The van der Waals surface area contributed by atoms with Crippen LogP contribution in [0.15, 0.2) is 30.3 Å². The fourth-order valence-corrected chi connectivity index (χ4v) is 2.01. The summed E-state index contributed by atoms with van der Waals surface area (Å²) in [7, 11) is 0. The molecule has 1 aliphatic carbocycles. The Morgan fingerprint density at radius 1 is 1.19 bits per heavy atom. The third kappa shape index (κ3) is 9.29. The minimum absolute atomic E-state index is 0.111. The average Bonchev–Trinajstić information content (AvgIpc) is 2.51. The van der Waals surface area contributed by atoms with Gasteiger partial charge in [0.15, 0.2) is 0 Å². The predicted molar refractivity (Wildman–Crippen MR) is 83.5 cm³/mol. The minimum atomic E-state index is -2.50. The van der Waals surface area contributed by atoms with Gasteiger partial charge in [-0.3, -0.25) is 0 Å². The largest absolute Gasteiger partial charge is 0.330 e. The molecule has 2 nitrogen and oxygen atoms in total. The SMILES string of the molecule is CC.NCCc1ccccc1.O=CC1CCC(F)(F)CC1. The Balaban J connectivity index is 0.000000342. The van der Waals surface area contributed by atoms with Gasteiger partial charge in [-0.05, 0) is 31.4 Å². The molecule has 0 radical (unpaired) electrons. The van der Waals surface area contributed by atoms with Crippen molar-refractivity contribution in [2.24, 2.45) is 11.7 Å². The quantitative estimate of drug-likeness (QED) is 0.849. The van der Waals surface area contributed by atoms with E-state index in [-0.39, 0.29) is 18.8 Å². The van der Waals surface area contributed by atoms with Crippen LogP contribution >= 0.6 is 0 Å². The summed E-state index contributed by atoms with van der Waals surface area (Å²) < 4.78 is 24.8. The van der Waals surface area contributed by atoms with Crippen LogP contribution in [0.25, 0.3) is 0 Å². The molecule has 1 fully saturated rings. The summed E-state index contributed by atoms with van der Waals surface area (Å²) >= 11 is 0. The Morgan fingerprint density at radius 2 is 1.71 bits per heavy atom. The van der Waals surface area contributed by atoms with E-state index in [1.165, 1.54) is 5.56 Å². The lowest BCUT2D eigenvalue weighted by atomic mass is 9.88. The van der Waals surface area contributed by atoms with E-state index in [9.17, 15) is 13.6 Å². The van der Waals surface area contributed by atoms with Gasteiger partial charge in [0.1, 0.15) is 6.29 Å². The summed E-state index contributed by atoms with van der Waals surface area (Å²) in [4.78, 5) is 10.1. The Morgan fingerprint density at radius 3 is 2.14 bits per heavy atom. The van der Waals surface area contributed by atoms with Gasteiger partial charge >= 0.3 is 0 Å². The Hall–Kier alpha value is -1.29. The Labute approximate surface area is 126 Å². The number of hydrogen-bond donors (Lipinski definition) is 1. The van der Waals surface area contributed by atoms with E-state index in [4.69, 9.17) is 5.73 Å². The van der Waals surface area contributed by atoms with Crippen LogP contribution in [0.5, 0.6) is 0 Å². The van der Waals surface area contributed by atoms with Gasteiger partial charge in [0, 0.05) is 18.8 Å². The molecule has 0 bridgehead atoms. The van der Waals surface area contributed by atoms with E-state index in [1.54, 1.807) is 0 Å². The van der Waals surface area contributed by atoms with Crippen molar-refractivity contribution in [1.82, 2.24) is 0 Å². The Kier molecular flexibility index (Phi) is 10.7. The number of nitrogens with two attached hydrogens (primary N) is 1. The maximum Gasteiger partial charge on any atom is 0.248 e. The number of carbonyl (C=O) groups excluding carboxylic acids is 1. The third-order valence-corrected chi connectivity index (χ3v) is 3.23. The molecule has 0 atom stereocenters. The number of benzene rings is 1. The average molecular weight is 299 g/mol. The van der Waals surface area contributed by atoms with Gasteiger partial charge in [0.05, 0.1) is 0 Å². The van der Waals surface area contributed by atoms with E-state index in [0.29, 0.717) is 12.8 Å². The monoisotopic (exact) mass is 299 g/mol. The molecule has 21 heavy (non-hydrogen) atoms. The van der Waals surface area contributed by atoms with Crippen LogP contribution in [0, 0.1) is 5.92 Å². The summed E-state index contributed by atoms with van der Waals surface area (Å²) in [6.45, 7) is 4.74. The molecule has 0 amide bonds. The topological polar surface area (TPSA) is 43.1 Å². The second-order valence-electron chi connectivity index (χ2n) is 4.85. The molecule has 120 valence electrons. The lowest BCUT2D eigenvalue weighted by molar-refractivity contribution is -0.115. The van der Waals surface area contributed by atoms with Gasteiger partial charge in [-0.15, -0.1) is 0 Å². The number of carbonyl (C=O) groups is 1. The summed E-state index contributed by atoms with van der Waals surface area (Å²) in [6.07, 6.45) is 2.26. The van der Waals surface area contributed by atoms with Crippen molar-refractivity contribution in [2.75, 3.05) is 6.54 Å². The molecular weight excluding hydrogens is 272 g/mol. The van der Waals surface area contributed by atoms with Crippen LogP contribution in [-0.4, -0.2) is 18.8 Å². The van der Waals surface area contributed by atoms with Crippen LogP contribution in [0.3, 0.4) is 0 Å². The second kappa shape index (κ2) is 11.4. The molecule has 0 saturated heterocycles. The third-order valence-electron chi connectivity index (χ3n) is 3.23. The van der Waals surface area contributed by atoms with E-state index in [2.05, 4.69) is 12.1 Å². The first-order valence-electron chi connectivity index (χ1n) is 7.64. The van der Waals surface area contributed by atoms with Crippen LogP contribution < -0.4 is 5.73 Å². The summed E-state index contributed by atoms with van der Waals surface area (Å²) in [5.41, 5.74) is 6.68. The minimum Gasteiger partial charge on any atom is -0.330 e. The molecule has 0 aromatic heterocycles. The number of hydrogen-bond acceptors (Lipinski definition) is 2. The first kappa shape index (κ1) is 19.7. The number of rotatable bonds is 3. The highest BCUT2D eigenvalue weighted by molar-refractivity contribution is 5.53. The zero-order valence-electron chi connectivity index (χ0n) is 13.0. The van der Waals surface area contributed by atoms with Crippen molar-refractivity contribution in [2.45, 2.75) is 51.9 Å². The van der Waals surface area contributed by atoms with Crippen molar-refractivity contribution < 1.29 is 13.6 Å². The molecule has 2 rings (SSSR count). The van der Waals surface area contributed by atoms with Crippen LogP contribution in [-0.2, 0) is 11.2 Å². The fraction of sp³-hybridized carbons (Fsp3) is 0.588. The van der Waals surface area contributed by atoms with Gasteiger partial charge < -0.3 is 10.5 Å². The summed E-state index contributed by atoms with van der Waals surface area (Å²) in [5, 5.41) is 0. The molecule has 0 heterocycles. The molecule has 0 spiro atoms. The second-order valence-corrected chi connectivity index (χ2v) is 4.85. The summed E-state index contributed by atoms with van der Waals surface area (Å²) in [5.74, 6) is -2.61. The number of alkyl halides is 2. The predicted octanol–water partition coefficient (Wildman–Crippen LogP) is 4.22. The zero-order chi connectivity index (χ0) is 16.1. The van der Waals surface area contributed by atoms with Crippen molar-refractivity contribution >= 4 is 6.29 Å². The lowest BCUT2D eigenvalue weighted by Gasteiger charge is -2.24. The van der Waals surface area contributed by atoms with Gasteiger partial charge in [-0.2, -0.15) is 0 Å². The van der Waals surface area contributed by atoms with Crippen molar-refractivity contribution in [3.8, 4) is 0 Å². The molecule has 2 N–H and O–H groups in total. The lowest BCUT2D eigenvalue weighted by Crippen LogP contribution is -2.24. The van der Waals surface area contributed by atoms with Crippen molar-refractivity contribution in [1.29, 1.82) is 0 Å². The standard InChI is InChI=1S/C8H11N.C7H10F2O.C2H6/c9-7-6-8-4-2-1-3-5-8;8-7(9)3-1-6(5-10)2-4-7;1-2/h1-5H,6-7,9H2;5-6H,1-4H2;1-2H3. The summed E-state index contributed by atoms with van der Waals surface area (Å²) in [6, 6.07) is 10.3. The van der Waals surface area contributed by atoms with E-state index in [1.807, 2.05) is 32.0 Å². The van der Waals surface area contributed by atoms with E-state index < -0.39 is 5.92 Å². The van der Waals surface area contributed by atoms with E-state index >= 15 is 0 Å². The van der Waals surface area contributed by atoms with E-state index in [0.717, 1.165) is 19.3 Å². The van der Waals surface area contributed by atoms with Crippen LogP contribution in [0.4, 0.5) is 8.78 Å². The number of halogens is 2. The van der Waals surface area contributed by atoms with Crippen LogP contribution in [0.2, 0.25) is 0 Å². The highest BCUT2D eigenvalue weighted by Gasteiger charge is 2.34. The molecular formula is C17H27F2NO. The first-order valence-corrected chi connectivity index (χ1v) is 7.64.